The first-order valence-electron chi connectivity index (χ1n) is 15.9. The molecule has 4 aliphatic rings. The summed E-state index contributed by atoms with van der Waals surface area (Å²) in [6, 6.07) is 3.96. The monoisotopic (exact) mass is 716 g/mol. The van der Waals surface area contributed by atoms with E-state index in [0.29, 0.717) is 19.4 Å². The van der Waals surface area contributed by atoms with Gasteiger partial charge < -0.3 is 25.0 Å². The lowest BCUT2D eigenvalue weighted by atomic mass is 9.95. The molecule has 3 saturated heterocycles. The molecule has 3 aromatic heterocycles. The summed E-state index contributed by atoms with van der Waals surface area (Å²) in [6.07, 6.45) is 1.37. The summed E-state index contributed by atoms with van der Waals surface area (Å²) < 4.78 is 72.5. The highest BCUT2D eigenvalue weighted by molar-refractivity contribution is 7.23. The number of thiophene rings is 1. The minimum atomic E-state index is -2.18. The number of fused-ring (bicyclic) bond motifs is 2. The molecule has 256 valence electrons. The van der Waals surface area contributed by atoms with E-state index in [2.05, 4.69) is 14.9 Å². The Hall–Kier alpha value is -4.20. The molecular formula is C32H29ClF4N8O3S. The number of nitrogens with zero attached hydrogens (tertiary/aromatic N) is 7. The zero-order valence-corrected chi connectivity index (χ0v) is 27.5. The highest BCUT2D eigenvalue weighted by Crippen LogP contribution is 2.46. The predicted octanol–water partition coefficient (Wildman–Crippen LogP) is 4.93. The van der Waals surface area contributed by atoms with Crippen molar-refractivity contribution in [2.75, 3.05) is 56.6 Å². The number of pyridine rings is 1. The summed E-state index contributed by atoms with van der Waals surface area (Å²) in [6.45, 7) is 1.85. The molecule has 4 atom stereocenters. The van der Waals surface area contributed by atoms with Crippen molar-refractivity contribution in [3.63, 3.8) is 0 Å². The number of hydrogen-bond acceptors (Lipinski definition) is 11. The third kappa shape index (κ3) is 5.16. The molecule has 7 heterocycles. The number of carbonyl (C=O) groups is 1. The smallest absolute Gasteiger partial charge is 0.319 e. The minimum absolute atomic E-state index is 0.00164. The van der Waals surface area contributed by atoms with Crippen LogP contribution in [-0.4, -0.2) is 100.0 Å². The van der Waals surface area contributed by atoms with Crippen LogP contribution in [-0.2, 0) is 4.79 Å². The van der Waals surface area contributed by atoms with Crippen LogP contribution in [0.2, 0.25) is 0 Å². The fourth-order valence-electron chi connectivity index (χ4n) is 7.84. The molecule has 1 aromatic carbocycles. The lowest BCUT2D eigenvalue weighted by Crippen LogP contribution is -2.44. The number of ether oxygens (including phenoxy) is 2. The van der Waals surface area contributed by atoms with Crippen molar-refractivity contribution in [3.8, 4) is 29.2 Å². The van der Waals surface area contributed by atoms with Crippen LogP contribution in [0.5, 0.6) is 11.9 Å². The van der Waals surface area contributed by atoms with E-state index >= 15 is 4.39 Å². The minimum Gasteiger partial charge on any atom is -0.475 e. The number of alkyl halides is 3. The Morgan fingerprint density at radius 3 is 2.86 bits per heavy atom. The summed E-state index contributed by atoms with van der Waals surface area (Å²) in [5, 5.41) is 10.2. The number of likely N-dealkylation sites (tertiary alicyclic amines) is 1. The number of carbonyl (C=O) groups excluding carboxylic acids is 1. The summed E-state index contributed by atoms with van der Waals surface area (Å²) in [5.41, 5.74) is 3.02. The van der Waals surface area contributed by atoms with Gasteiger partial charge >= 0.3 is 6.01 Å². The fraction of sp³-hybridized carbons (Fsp3) is 0.469. The van der Waals surface area contributed by atoms with Gasteiger partial charge in [0.15, 0.2) is 5.82 Å². The van der Waals surface area contributed by atoms with Crippen LogP contribution in [0.3, 0.4) is 0 Å². The van der Waals surface area contributed by atoms with Crippen LogP contribution in [0.4, 0.5) is 28.4 Å². The Morgan fingerprint density at radius 1 is 1.22 bits per heavy atom. The molecule has 1 amide bonds. The second-order valence-electron chi connectivity index (χ2n) is 12.8. The maximum absolute atomic E-state index is 17.0. The number of hydrogen-bond donors (Lipinski definition) is 1. The summed E-state index contributed by atoms with van der Waals surface area (Å²) in [4.78, 5) is 31.4. The van der Waals surface area contributed by atoms with Gasteiger partial charge in [0, 0.05) is 43.0 Å². The molecule has 0 radical (unpaired) electrons. The number of aromatic nitrogens is 3. The maximum atomic E-state index is 17.0. The van der Waals surface area contributed by atoms with Crippen LogP contribution < -0.4 is 20.1 Å². The average molecular weight is 717 g/mol. The molecule has 4 aliphatic heterocycles. The number of nitriles is 1. The maximum Gasteiger partial charge on any atom is 0.319 e. The number of amides is 1. The second kappa shape index (κ2) is 12.0. The molecule has 2 N–H and O–H groups in total. The first kappa shape index (κ1) is 32.0. The highest BCUT2D eigenvalue weighted by atomic mass is 35.5. The van der Waals surface area contributed by atoms with E-state index in [1.807, 2.05) is 11.0 Å². The number of nitrogen functional groups attached to an aromatic ring is 1. The molecule has 0 spiro atoms. The Balaban J connectivity index is 1.28. The first-order valence-corrected chi connectivity index (χ1v) is 17.1. The Kier molecular flexibility index (Phi) is 7.84. The topological polar surface area (TPSA) is 134 Å². The average Bonchev–Trinajstić information content (AvgIpc) is 3.83. The van der Waals surface area contributed by atoms with Crippen LogP contribution in [0.25, 0.3) is 32.2 Å². The van der Waals surface area contributed by atoms with E-state index in [4.69, 9.17) is 31.8 Å². The van der Waals surface area contributed by atoms with Crippen molar-refractivity contribution in [1.29, 1.82) is 5.26 Å². The van der Waals surface area contributed by atoms with Gasteiger partial charge in [-0.3, -0.25) is 9.69 Å². The lowest BCUT2D eigenvalue weighted by Gasteiger charge is -2.31. The number of halogens is 5. The van der Waals surface area contributed by atoms with Crippen molar-refractivity contribution in [1.82, 2.24) is 24.8 Å². The standard InChI is InChI=1S/C32H29ClF4N8O3S/c33-26(37)30(46)43-7-4-16(13-43)45-8-9-47-29-21-24(41-31(42-28(21)45)48-14-32-5-1-6-44(32)12-15(34)10-32)22(36)23(40-29)17-2-3-19(35)25-20(17)18(11-38)27(39)49-25/h2-3,15-16,26H,1,4-10,12-14,39H2/t15-,16?,26?,32+/m1/s1. The van der Waals surface area contributed by atoms with Gasteiger partial charge in [0.05, 0.1) is 22.3 Å². The van der Waals surface area contributed by atoms with Crippen molar-refractivity contribution < 1.29 is 31.8 Å². The van der Waals surface area contributed by atoms with E-state index in [0.717, 1.165) is 36.8 Å². The number of nitrogens with two attached hydrogens (primary N) is 1. The Labute approximate surface area is 286 Å². The molecule has 8 rings (SSSR count). The van der Waals surface area contributed by atoms with Crippen LogP contribution in [0.1, 0.15) is 31.2 Å². The van der Waals surface area contributed by atoms with Crippen molar-refractivity contribution in [2.24, 2.45) is 0 Å². The SMILES string of the molecule is N#Cc1c(N)sc2c(F)ccc(-c3nc4c5c(nc(OC[C@@]67CCCN6C[C@H](F)C7)nc5c3F)N(C3CCN(C(=O)C(F)Cl)C3)CCO4)c12. The summed E-state index contributed by atoms with van der Waals surface area (Å²) >= 11 is 6.33. The van der Waals surface area contributed by atoms with Gasteiger partial charge in [-0.05, 0) is 37.9 Å². The van der Waals surface area contributed by atoms with Crippen LogP contribution in [0, 0.1) is 23.0 Å². The zero-order valence-electron chi connectivity index (χ0n) is 25.9. The van der Waals surface area contributed by atoms with Crippen LogP contribution >= 0.6 is 22.9 Å². The number of benzene rings is 1. The predicted molar refractivity (Wildman–Crippen MR) is 174 cm³/mol. The van der Waals surface area contributed by atoms with E-state index in [1.165, 1.54) is 11.0 Å². The van der Waals surface area contributed by atoms with Gasteiger partial charge in [-0.25, -0.2) is 22.5 Å². The zero-order chi connectivity index (χ0) is 34.2. The van der Waals surface area contributed by atoms with E-state index < -0.39 is 34.9 Å². The molecule has 49 heavy (non-hydrogen) atoms. The largest absolute Gasteiger partial charge is 0.475 e. The van der Waals surface area contributed by atoms with Crippen molar-refractivity contribution in [3.05, 3.63) is 29.3 Å². The third-order valence-electron chi connectivity index (χ3n) is 10.1. The first-order chi connectivity index (χ1) is 23.6. The van der Waals surface area contributed by atoms with Gasteiger partial charge in [-0.1, -0.05) is 11.6 Å². The quantitative estimate of drug-likeness (QED) is 0.216. The molecule has 2 unspecified atom stereocenters. The van der Waals surface area contributed by atoms with Crippen molar-refractivity contribution >= 4 is 60.7 Å². The molecule has 0 saturated carbocycles. The van der Waals surface area contributed by atoms with Gasteiger partial charge in [-0.2, -0.15) is 15.2 Å². The normalized spacial score (nSPS) is 24.2. The number of anilines is 2. The molecule has 3 fully saturated rings. The van der Waals surface area contributed by atoms with Gasteiger partial charge in [0.1, 0.15) is 58.7 Å². The van der Waals surface area contributed by atoms with E-state index in [9.17, 15) is 23.2 Å². The van der Waals surface area contributed by atoms with Gasteiger partial charge in [-0.15, -0.1) is 11.3 Å². The summed E-state index contributed by atoms with van der Waals surface area (Å²) in [7, 11) is 0. The van der Waals surface area contributed by atoms with Gasteiger partial charge in [0.25, 0.3) is 11.5 Å². The molecule has 0 aliphatic carbocycles. The molecule has 11 nitrogen and oxygen atoms in total. The Morgan fingerprint density at radius 2 is 2.06 bits per heavy atom. The second-order valence-corrected chi connectivity index (χ2v) is 14.3. The van der Waals surface area contributed by atoms with E-state index in [1.54, 1.807) is 0 Å². The molecule has 4 aromatic rings. The highest BCUT2D eigenvalue weighted by Gasteiger charge is 2.49. The van der Waals surface area contributed by atoms with Crippen molar-refractivity contribution in [2.45, 2.75) is 49.1 Å². The summed E-state index contributed by atoms with van der Waals surface area (Å²) in [5.74, 6) is -2.12. The Bertz CT molecular complexity index is 2060. The molecule has 0 bridgehead atoms. The van der Waals surface area contributed by atoms with E-state index in [-0.39, 0.29) is 99.4 Å². The lowest BCUT2D eigenvalue weighted by molar-refractivity contribution is -0.132. The fourth-order valence-corrected chi connectivity index (χ4v) is 8.93. The molecular weight excluding hydrogens is 688 g/mol. The molecule has 17 heteroatoms. The number of rotatable bonds is 6. The van der Waals surface area contributed by atoms with Gasteiger partial charge in [0.2, 0.25) is 5.88 Å². The third-order valence-corrected chi connectivity index (χ3v) is 11.3. The van der Waals surface area contributed by atoms with Crippen LogP contribution in [0.15, 0.2) is 12.1 Å².